The first kappa shape index (κ1) is 14.6. The van der Waals surface area contributed by atoms with Gasteiger partial charge in [-0.1, -0.05) is 30.4 Å². The van der Waals surface area contributed by atoms with Gasteiger partial charge in [0.05, 0.1) is 0 Å². The first-order valence-corrected chi connectivity index (χ1v) is 7.05. The van der Waals surface area contributed by atoms with E-state index in [1.807, 2.05) is 24.3 Å². The van der Waals surface area contributed by atoms with Crippen LogP contribution in [0.2, 0.25) is 0 Å². The first-order valence-electron chi connectivity index (χ1n) is 5.85. The molecule has 0 bridgehead atoms. The van der Waals surface area contributed by atoms with Gasteiger partial charge in [-0.2, -0.15) is 0 Å². The van der Waals surface area contributed by atoms with E-state index >= 15 is 0 Å². The van der Waals surface area contributed by atoms with Gasteiger partial charge in [0.2, 0.25) is 0 Å². The lowest BCUT2D eigenvalue weighted by Crippen LogP contribution is -2.24. The second kappa shape index (κ2) is 6.58. The number of rotatable bonds is 4. The Balaban J connectivity index is 2.01. The molecule has 0 unspecified atom stereocenters. The quantitative estimate of drug-likeness (QED) is 0.831. The third-order valence-corrected chi connectivity index (χ3v) is 3.33. The van der Waals surface area contributed by atoms with Gasteiger partial charge in [-0.25, -0.2) is 4.98 Å². The van der Waals surface area contributed by atoms with Crippen molar-refractivity contribution in [1.29, 1.82) is 0 Å². The van der Waals surface area contributed by atoms with Crippen LogP contribution >= 0.6 is 28.1 Å². The van der Waals surface area contributed by atoms with Crippen molar-refractivity contribution in [2.75, 3.05) is 0 Å². The second-order valence-corrected chi connectivity index (χ2v) is 5.46. The first-order chi connectivity index (χ1) is 9.56. The zero-order valence-electron chi connectivity index (χ0n) is 10.5. The molecule has 4 nitrogen and oxygen atoms in total. The molecule has 1 aromatic carbocycles. The number of nitrogens with two attached hydrogens (primary N) is 1. The fraction of sp³-hybridized carbons (Fsp3) is 0.0714. The summed E-state index contributed by atoms with van der Waals surface area (Å²) in [6.07, 6.45) is 1.59. The molecule has 0 saturated carbocycles. The summed E-state index contributed by atoms with van der Waals surface area (Å²) in [5, 5.41) is 2.80. The maximum Gasteiger partial charge on any atom is 0.270 e. The van der Waals surface area contributed by atoms with Crippen LogP contribution in [0, 0.1) is 0 Å². The van der Waals surface area contributed by atoms with Gasteiger partial charge in [0.25, 0.3) is 5.91 Å². The number of aromatic nitrogens is 1. The number of hydrogen-bond acceptors (Lipinski definition) is 3. The van der Waals surface area contributed by atoms with E-state index in [1.54, 1.807) is 18.3 Å². The molecule has 2 aromatic rings. The Morgan fingerprint density at radius 3 is 2.80 bits per heavy atom. The fourth-order valence-corrected chi connectivity index (χ4v) is 1.98. The van der Waals surface area contributed by atoms with Gasteiger partial charge >= 0.3 is 0 Å². The predicted molar refractivity (Wildman–Crippen MR) is 85.4 cm³/mol. The van der Waals surface area contributed by atoms with Crippen LogP contribution in [0.3, 0.4) is 0 Å². The van der Waals surface area contributed by atoms with Gasteiger partial charge in [0, 0.05) is 22.8 Å². The molecule has 3 N–H and O–H groups in total. The summed E-state index contributed by atoms with van der Waals surface area (Å²) in [5.41, 5.74) is 7.66. The second-order valence-electron chi connectivity index (χ2n) is 4.11. The number of nitrogens with one attached hydrogen (secondary N) is 1. The molecule has 2 rings (SSSR count). The maximum atomic E-state index is 11.9. The zero-order valence-corrected chi connectivity index (χ0v) is 12.9. The molecule has 1 aromatic heterocycles. The van der Waals surface area contributed by atoms with Crippen LogP contribution in [-0.2, 0) is 6.54 Å². The van der Waals surface area contributed by atoms with Gasteiger partial charge in [-0.3, -0.25) is 4.79 Å². The Morgan fingerprint density at radius 2 is 2.15 bits per heavy atom. The number of hydrogen-bond donors (Lipinski definition) is 2. The van der Waals surface area contributed by atoms with Gasteiger partial charge in [-0.15, -0.1) is 0 Å². The van der Waals surface area contributed by atoms with Gasteiger partial charge in [0.15, 0.2) is 0 Å². The van der Waals surface area contributed by atoms with Crippen LogP contribution in [0.5, 0.6) is 0 Å². The zero-order chi connectivity index (χ0) is 14.5. The summed E-state index contributed by atoms with van der Waals surface area (Å²) in [6.45, 7) is 0.396. The highest BCUT2D eigenvalue weighted by Gasteiger charge is 2.06. The smallest absolute Gasteiger partial charge is 0.270 e. The normalized spacial score (nSPS) is 10.1. The lowest BCUT2D eigenvalue weighted by molar-refractivity contribution is 0.0946. The van der Waals surface area contributed by atoms with Crippen molar-refractivity contribution < 1.29 is 4.79 Å². The minimum Gasteiger partial charge on any atom is -0.389 e. The molecule has 0 aliphatic rings. The largest absolute Gasteiger partial charge is 0.389 e. The van der Waals surface area contributed by atoms with Crippen molar-refractivity contribution in [3.05, 3.63) is 63.9 Å². The number of carbonyl (C=O) groups excluding carboxylic acids is 1. The average molecular weight is 350 g/mol. The highest BCUT2D eigenvalue weighted by atomic mass is 79.9. The topological polar surface area (TPSA) is 68.0 Å². The van der Waals surface area contributed by atoms with E-state index < -0.39 is 0 Å². The number of nitrogens with zero attached hydrogens (tertiary/aromatic N) is 1. The molecule has 0 aliphatic heterocycles. The van der Waals surface area contributed by atoms with Crippen molar-refractivity contribution in [3.63, 3.8) is 0 Å². The molecule has 0 saturated heterocycles. The minimum atomic E-state index is -0.224. The molecule has 102 valence electrons. The van der Waals surface area contributed by atoms with Crippen molar-refractivity contribution >= 4 is 39.0 Å². The highest BCUT2D eigenvalue weighted by molar-refractivity contribution is 9.10. The van der Waals surface area contributed by atoms with Crippen LogP contribution in [0.1, 0.15) is 21.6 Å². The summed E-state index contributed by atoms with van der Waals surface area (Å²) in [6, 6.07) is 10.9. The SMILES string of the molecule is NC(=S)c1cccc(CNC(=O)c2ccc(Br)cn2)c1. The summed E-state index contributed by atoms with van der Waals surface area (Å²) in [7, 11) is 0. The standard InChI is InChI=1S/C14H12BrN3OS/c15-11-4-5-12(17-8-11)14(19)18-7-9-2-1-3-10(6-9)13(16)20/h1-6,8H,7H2,(H2,16,20)(H,18,19). The summed E-state index contributed by atoms with van der Waals surface area (Å²) >= 11 is 8.20. The Hall–Kier alpha value is -1.79. The van der Waals surface area contributed by atoms with Crippen LogP contribution in [0.15, 0.2) is 47.1 Å². The number of thiocarbonyl (C=S) groups is 1. The predicted octanol–water partition coefficient (Wildman–Crippen LogP) is 2.41. The summed E-state index contributed by atoms with van der Waals surface area (Å²) < 4.78 is 0.832. The Labute approximate surface area is 130 Å². The number of pyridine rings is 1. The van der Waals surface area contributed by atoms with E-state index in [4.69, 9.17) is 18.0 Å². The molecule has 0 atom stereocenters. The van der Waals surface area contributed by atoms with E-state index in [0.717, 1.165) is 15.6 Å². The maximum absolute atomic E-state index is 11.9. The van der Waals surface area contributed by atoms with E-state index in [0.29, 0.717) is 17.2 Å². The Morgan fingerprint density at radius 1 is 1.35 bits per heavy atom. The molecule has 0 radical (unpaired) electrons. The lowest BCUT2D eigenvalue weighted by atomic mass is 10.1. The van der Waals surface area contributed by atoms with Crippen LogP contribution in [0.4, 0.5) is 0 Å². The third-order valence-electron chi connectivity index (χ3n) is 2.62. The van der Waals surface area contributed by atoms with Crippen LogP contribution in [0.25, 0.3) is 0 Å². The van der Waals surface area contributed by atoms with Crippen molar-refractivity contribution in [2.45, 2.75) is 6.54 Å². The van der Waals surface area contributed by atoms with Crippen LogP contribution in [-0.4, -0.2) is 15.9 Å². The number of carbonyl (C=O) groups is 1. The van der Waals surface area contributed by atoms with E-state index in [-0.39, 0.29) is 5.91 Å². The third kappa shape index (κ3) is 3.85. The Bertz CT molecular complexity index is 643. The molecular weight excluding hydrogens is 338 g/mol. The lowest BCUT2D eigenvalue weighted by Gasteiger charge is -2.06. The molecule has 0 spiro atoms. The highest BCUT2D eigenvalue weighted by Crippen LogP contribution is 2.08. The fourth-order valence-electron chi connectivity index (χ4n) is 1.62. The molecule has 0 fully saturated rings. The van der Waals surface area contributed by atoms with E-state index in [2.05, 4.69) is 26.2 Å². The number of amides is 1. The summed E-state index contributed by atoms with van der Waals surface area (Å²) in [5.74, 6) is -0.224. The van der Waals surface area contributed by atoms with Crippen molar-refractivity contribution in [2.24, 2.45) is 5.73 Å². The minimum absolute atomic E-state index is 0.224. The van der Waals surface area contributed by atoms with E-state index in [1.165, 1.54) is 0 Å². The molecule has 6 heteroatoms. The Kier molecular flexibility index (Phi) is 4.81. The molecule has 1 amide bonds. The molecule has 20 heavy (non-hydrogen) atoms. The average Bonchev–Trinajstić information content (AvgIpc) is 2.46. The van der Waals surface area contributed by atoms with Crippen molar-refractivity contribution in [1.82, 2.24) is 10.3 Å². The van der Waals surface area contributed by atoms with Gasteiger partial charge in [-0.05, 0) is 39.7 Å². The molecule has 1 heterocycles. The monoisotopic (exact) mass is 349 g/mol. The van der Waals surface area contributed by atoms with Gasteiger partial charge in [0.1, 0.15) is 10.7 Å². The number of benzene rings is 1. The molecular formula is C14H12BrN3OS. The van der Waals surface area contributed by atoms with Crippen LogP contribution < -0.4 is 11.1 Å². The van der Waals surface area contributed by atoms with E-state index in [9.17, 15) is 4.79 Å². The summed E-state index contributed by atoms with van der Waals surface area (Å²) in [4.78, 5) is 16.3. The molecule has 0 aliphatic carbocycles. The number of halogens is 1. The van der Waals surface area contributed by atoms with Gasteiger partial charge < -0.3 is 11.1 Å². The van der Waals surface area contributed by atoms with Crippen molar-refractivity contribution in [3.8, 4) is 0 Å².